The number of H-pyrrole nitrogens is 1. The molecule has 102 valence electrons. The van der Waals surface area contributed by atoms with E-state index in [0.717, 1.165) is 31.7 Å². The number of hydrogen-bond acceptors (Lipinski definition) is 3. The highest BCUT2D eigenvalue weighted by Gasteiger charge is 2.26. The molecule has 18 heavy (non-hydrogen) atoms. The van der Waals surface area contributed by atoms with E-state index in [0.29, 0.717) is 17.9 Å². The third kappa shape index (κ3) is 2.69. The molecule has 2 rings (SSSR count). The van der Waals surface area contributed by atoms with Gasteiger partial charge in [-0.05, 0) is 24.7 Å². The Morgan fingerprint density at radius 1 is 1.39 bits per heavy atom. The number of anilines is 1. The summed E-state index contributed by atoms with van der Waals surface area (Å²) >= 11 is 0. The van der Waals surface area contributed by atoms with Crippen molar-refractivity contribution in [1.82, 2.24) is 10.2 Å². The lowest BCUT2D eigenvalue weighted by Crippen LogP contribution is -2.27. The normalized spacial score (nSPS) is 20.4. The Kier molecular flexibility index (Phi) is 3.95. The Labute approximate surface area is 110 Å². The predicted molar refractivity (Wildman–Crippen MR) is 76.0 cm³/mol. The summed E-state index contributed by atoms with van der Waals surface area (Å²) in [6.07, 6.45) is 2.14. The van der Waals surface area contributed by atoms with E-state index < -0.39 is 0 Å². The van der Waals surface area contributed by atoms with Crippen LogP contribution in [0.1, 0.15) is 51.3 Å². The number of nitrogens with zero attached hydrogens (tertiary/aromatic N) is 2. The third-order valence-corrected chi connectivity index (χ3v) is 3.58. The lowest BCUT2D eigenvalue weighted by Gasteiger charge is -2.19. The van der Waals surface area contributed by atoms with Crippen LogP contribution in [0.3, 0.4) is 0 Å². The molecule has 1 aromatic rings. The molecule has 1 unspecified atom stereocenters. The average Bonchev–Trinajstić information content (AvgIpc) is 2.83. The fourth-order valence-electron chi connectivity index (χ4n) is 2.77. The second-order valence-electron chi connectivity index (χ2n) is 6.19. The molecule has 4 heteroatoms. The van der Waals surface area contributed by atoms with Crippen molar-refractivity contribution in [2.75, 3.05) is 18.0 Å². The molecule has 3 N–H and O–H groups in total. The van der Waals surface area contributed by atoms with Gasteiger partial charge in [-0.1, -0.05) is 27.7 Å². The first-order valence-corrected chi connectivity index (χ1v) is 7.06. The van der Waals surface area contributed by atoms with Gasteiger partial charge in [-0.3, -0.25) is 5.10 Å². The van der Waals surface area contributed by atoms with Gasteiger partial charge in [0.2, 0.25) is 0 Å². The van der Waals surface area contributed by atoms with Crippen LogP contribution in [-0.2, 0) is 6.42 Å². The standard InChI is InChI=1S/C14H26N4/c1-9(2)7-12-13(10(3)4)14(17-16-12)18-6-5-11(15)8-18/h9-11H,5-8,15H2,1-4H3,(H,16,17). The van der Waals surface area contributed by atoms with E-state index in [9.17, 15) is 0 Å². The van der Waals surface area contributed by atoms with E-state index in [1.165, 1.54) is 11.3 Å². The fourth-order valence-corrected chi connectivity index (χ4v) is 2.77. The number of nitrogens with two attached hydrogens (primary N) is 1. The van der Waals surface area contributed by atoms with Gasteiger partial charge in [0.1, 0.15) is 0 Å². The minimum absolute atomic E-state index is 0.301. The van der Waals surface area contributed by atoms with Crippen LogP contribution in [-0.4, -0.2) is 29.3 Å². The first kappa shape index (κ1) is 13.4. The molecule has 0 aromatic carbocycles. The lowest BCUT2D eigenvalue weighted by atomic mass is 9.97. The summed E-state index contributed by atoms with van der Waals surface area (Å²) in [5.74, 6) is 2.29. The monoisotopic (exact) mass is 250 g/mol. The molecular weight excluding hydrogens is 224 g/mol. The van der Waals surface area contributed by atoms with E-state index in [-0.39, 0.29) is 0 Å². The Hall–Kier alpha value is -1.03. The molecule has 1 atom stereocenters. The van der Waals surface area contributed by atoms with Gasteiger partial charge in [-0.15, -0.1) is 0 Å². The van der Waals surface area contributed by atoms with Gasteiger partial charge in [0.05, 0.1) is 0 Å². The van der Waals surface area contributed by atoms with Crippen LogP contribution in [0.5, 0.6) is 0 Å². The molecule has 0 amide bonds. The molecule has 0 radical (unpaired) electrons. The smallest absolute Gasteiger partial charge is 0.154 e. The van der Waals surface area contributed by atoms with E-state index in [1.54, 1.807) is 0 Å². The maximum Gasteiger partial charge on any atom is 0.154 e. The lowest BCUT2D eigenvalue weighted by molar-refractivity contribution is 0.626. The molecule has 0 bridgehead atoms. The van der Waals surface area contributed by atoms with Crippen LogP contribution in [0.2, 0.25) is 0 Å². The SMILES string of the molecule is CC(C)Cc1[nH]nc(N2CCC(N)C2)c1C(C)C. The van der Waals surface area contributed by atoms with Crippen LogP contribution < -0.4 is 10.6 Å². The van der Waals surface area contributed by atoms with Crippen LogP contribution in [0.15, 0.2) is 0 Å². The fraction of sp³-hybridized carbons (Fsp3) is 0.786. The van der Waals surface area contributed by atoms with Crippen molar-refractivity contribution in [2.24, 2.45) is 11.7 Å². The molecular formula is C14H26N4. The van der Waals surface area contributed by atoms with Crippen molar-refractivity contribution in [3.05, 3.63) is 11.3 Å². The van der Waals surface area contributed by atoms with E-state index in [4.69, 9.17) is 5.73 Å². The number of nitrogens with one attached hydrogen (secondary N) is 1. The van der Waals surface area contributed by atoms with Gasteiger partial charge >= 0.3 is 0 Å². The topological polar surface area (TPSA) is 57.9 Å². The summed E-state index contributed by atoms with van der Waals surface area (Å²) in [6.45, 7) is 11.0. The van der Waals surface area contributed by atoms with Crippen molar-refractivity contribution in [2.45, 2.75) is 52.5 Å². The molecule has 1 aliphatic heterocycles. The quantitative estimate of drug-likeness (QED) is 0.862. The van der Waals surface area contributed by atoms with Crippen molar-refractivity contribution in [3.8, 4) is 0 Å². The predicted octanol–water partition coefficient (Wildman–Crippen LogP) is 2.27. The molecule has 1 aliphatic rings. The molecule has 4 nitrogen and oxygen atoms in total. The molecule has 1 aromatic heterocycles. The zero-order valence-corrected chi connectivity index (χ0v) is 12.0. The van der Waals surface area contributed by atoms with Gasteiger partial charge in [0.15, 0.2) is 5.82 Å². The minimum Gasteiger partial charge on any atom is -0.353 e. The van der Waals surface area contributed by atoms with Crippen LogP contribution in [0, 0.1) is 5.92 Å². The van der Waals surface area contributed by atoms with Gasteiger partial charge in [-0.25, -0.2) is 0 Å². The highest BCUT2D eigenvalue weighted by atomic mass is 15.3. The largest absolute Gasteiger partial charge is 0.353 e. The Morgan fingerprint density at radius 3 is 2.61 bits per heavy atom. The number of aromatic nitrogens is 2. The molecule has 1 saturated heterocycles. The Balaban J connectivity index is 2.27. The average molecular weight is 250 g/mol. The summed E-state index contributed by atoms with van der Waals surface area (Å²) in [5.41, 5.74) is 8.68. The van der Waals surface area contributed by atoms with Crippen LogP contribution in [0.25, 0.3) is 0 Å². The Bertz CT molecular complexity index is 394. The molecule has 0 aliphatic carbocycles. The van der Waals surface area contributed by atoms with E-state index in [1.807, 2.05) is 0 Å². The molecule has 2 heterocycles. The van der Waals surface area contributed by atoms with Gasteiger partial charge in [0, 0.05) is 30.4 Å². The second-order valence-corrected chi connectivity index (χ2v) is 6.19. The van der Waals surface area contributed by atoms with Crippen molar-refractivity contribution < 1.29 is 0 Å². The van der Waals surface area contributed by atoms with Crippen molar-refractivity contribution in [3.63, 3.8) is 0 Å². The van der Waals surface area contributed by atoms with Crippen molar-refractivity contribution in [1.29, 1.82) is 0 Å². The maximum atomic E-state index is 6.00. The highest BCUT2D eigenvalue weighted by Crippen LogP contribution is 2.31. The summed E-state index contributed by atoms with van der Waals surface area (Å²) in [6, 6.07) is 0.301. The highest BCUT2D eigenvalue weighted by molar-refractivity contribution is 5.52. The van der Waals surface area contributed by atoms with E-state index in [2.05, 4.69) is 42.8 Å². The van der Waals surface area contributed by atoms with Gasteiger partial charge in [-0.2, -0.15) is 5.10 Å². The summed E-state index contributed by atoms with van der Waals surface area (Å²) in [5, 5.41) is 7.80. The molecule has 0 spiro atoms. The summed E-state index contributed by atoms with van der Waals surface area (Å²) < 4.78 is 0. The number of hydrogen-bond donors (Lipinski definition) is 2. The van der Waals surface area contributed by atoms with Crippen molar-refractivity contribution >= 4 is 5.82 Å². The first-order valence-electron chi connectivity index (χ1n) is 7.06. The second kappa shape index (κ2) is 5.31. The third-order valence-electron chi connectivity index (χ3n) is 3.58. The van der Waals surface area contributed by atoms with Gasteiger partial charge < -0.3 is 10.6 Å². The molecule has 1 fully saturated rings. The van der Waals surface area contributed by atoms with E-state index >= 15 is 0 Å². The van der Waals surface area contributed by atoms with Crippen LogP contribution >= 0.6 is 0 Å². The summed E-state index contributed by atoms with van der Waals surface area (Å²) in [4.78, 5) is 2.33. The minimum atomic E-state index is 0.301. The zero-order valence-electron chi connectivity index (χ0n) is 12.0. The molecule has 0 saturated carbocycles. The first-order chi connectivity index (χ1) is 8.49. The van der Waals surface area contributed by atoms with Gasteiger partial charge in [0.25, 0.3) is 0 Å². The summed E-state index contributed by atoms with van der Waals surface area (Å²) in [7, 11) is 0. The zero-order chi connectivity index (χ0) is 13.3. The van der Waals surface area contributed by atoms with Crippen LogP contribution in [0.4, 0.5) is 5.82 Å². The maximum absolute atomic E-state index is 6.00. The number of aromatic amines is 1. The Morgan fingerprint density at radius 2 is 2.11 bits per heavy atom. The number of rotatable bonds is 4.